The standard InChI is InChI=1S/C31H50/c1-3-5-7-9-27-12-16-29(17-13-27)19-21-31-24-22-30(23-25-31)20-18-28-14-10-26(11-15-28)8-6-4-2/h10-11,14-15,22,27,29,31H,3-9,12-13,16-21,23-25H2,1-2H3/t27-,29-,31?. The van der Waals surface area contributed by atoms with Crippen LogP contribution in [-0.4, -0.2) is 0 Å². The molecule has 1 fully saturated rings. The molecule has 0 aromatic heterocycles. The fraction of sp³-hybridized carbons (Fsp3) is 0.742. The molecule has 31 heavy (non-hydrogen) atoms. The van der Waals surface area contributed by atoms with E-state index in [2.05, 4.69) is 44.2 Å². The number of aryl methyl sites for hydroxylation is 2. The molecule has 1 aromatic rings. The molecular weight excluding hydrogens is 372 g/mol. The number of allylic oxidation sites excluding steroid dienone is 2. The Bertz CT molecular complexity index is 614. The van der Waals surface area contributed by atoms with Gasteiger partial charge in [-0.25, -0.2) is 0 Å². The lowest BCUT2D eigenvalue weighted by atomic mass is 9.76. The number of unbranched alkanes of at least 4 members (excludes halogenated alkanes) is 3. The lowest BCUT2D eigenvalue weighted by Crippen LogP contribution is -2.16. The predicted octanol–water partition coefficient (Wildman–Crippen LogP) is 9.86. The van der Waals surface area contributed by atoms with E-state index in [0.717, 1.165) is 17.8 Å². The second-order valence-electron chi connectivity index (χ2n) is 10.9. The minimum absolute atomic E-state index is 0.976. The van der Waals surface area contributed by atoms with Crippen molar-refractivity contribution in [2.24, 2.45) is 17.8 Å². The summed E-state index contributed by atoms with van der Waals surface area (Å²) in [6.07, 6.45) is 28.1. The Kier molecular flexibility index (Phi) is 11.3. The van der Waals surface area contributed by atoms with Gasteiger partial charge in [0.05, 0.1) is 0 Å². The number of rotatable bonds is 13. The molecule has 1 saturated carbocycles. The summed E-state index contributed by atoms with van der Waals surface area (Å²) in [5.74, 6) is 3.09. The minimum Gasteiger partial charge on any atom is -0.0850 e. The third-order valence-electron chi connectivity index (χ3n) is 8.36. The minimum atomic E-state index is 0.976. The van der Waals surface area contributed by atoms with Crippen LogP contribution >= 0.6 is 0 Å². The zero-order chi connectivity index (χ0) is 21.7. The van der Waals surface area contributed by atoms with Crippen LogP contribution in [0.4, 0.5) is 0 Å². The summed E-state index contributed by atoms with van der Waals surface area (Å²) in [5, 5.41) is 0. The van der Waals surface area contributed by atoms with E-state index in [0.29, 0.717) is 0 Å². The van der Waals surface area contributed by atoms with Crippen LogP contribution in [0.1, 0.15) is 128 Å². The summed E-state index contributed by atoms with van der Waals surface area (Å²) in [5.41, 5.74) is 4.77. The molecule has 2 aliphatic carbocycles. The molecule has 0 radical (unpaired) electrons. The topological polar surface area (TPSA) is 0 Å². The van der Waals surface area contributed by atoms with E-state index in [9.17, 15) is 0 Å². The lowest BCUT2D eigenvalue weighted by molar-refractivity contribution is 0.234. The molecule has 174 valence electrons. The van der Waals surface area contributed by atoms with Crippen molar-refractivity contribution in [1.29, 1.82) is 0 Å². The van der Waals surface area contributed by atoms with Gasteiger partial charge < -0.3 is 0 Å². The predicted molar refractivity (Wildman–Crippen MR) is 138 cm³/mol. The average molecular weight is 423 g/mol. The molecule has 0 saturated heterocycles. The number of hydrogen-bond donors (Lipinski definition) is 0. The quantitative estimate of drug-likeness (QED) is 0.219. The maximum atomic E-state index is 2.62. The van der Waals surface area contributed by atoms with Crippen LogP contribution in [0.3, 0.4) is 0 Å². The Morgan fingerprint density at radius 2 is 1.23 bits per heavy atom. The monoisotopic (exact) mass is 422 g/mol. The first-order valence-electron chi connectivity index (χ1n) is 14.0. The first-order chi connectivity index (χ1) is 15.3. The molecule has 0 N–H and O–H groups in total. The summed E-state index contributed by atoms with van der Waals surface area (Å²) >= 11 is 0. The molecular formula is C31H50. The third kappa shape index (κ3) is 9.15. The van der Waals surface area contributed by atoms with Crippen molar-refractivity contribution in [3.8, 4) is 0 Å². The summed E-state index contributed by atoms with van der Waals surface area (Å²) in [6.45, 7) is 4.60. The molecule has 2 aliphatic rings. The van der Waals surface area contributed by atoms with Gasteiger partial charge in [-0.2, -0.15) is 0 Å². The molecule has 0 spiro atoms. The van der Waals surface area contributed by atoms with E-state index in [1.54, 1.807) is 5.57 Å². The van der Waals surface area contributed by atoms with Crippen molar-refractivity contribution in [1.82, 2.24) is 0 Å². The van der Waals surface area contributed by atoms with Gasteiger partial charge in [0.1, 0.15) is 0 Å². The Hall–Kier alpha value is -1.04. The highest BCUT2D eigenvalue weighted by molar-refractivity contribution is 5.23. The summed E-state index contributed by atoms with van der Waals surface area (Å²) in [6, 6.07) is 9.45. The van der Waals surface area contributed by atoms with Gasteiger partial charge in [0.2, 0.25) is 0 Å². The molecule has 0 amide bonds. The van der Waals surface area contributed by atoms with Gasteiger partial charge in [0.25, 0.3) is 0 Å². The molecule has 0 heterocycles. The summed E-state index contributed by atoms with van der Waals surface area (Å²) in [4.78, 5) is 0. The van der Waals surface area contributed by atoms with E-state index in [1.807, 2.05) is 0 Å². The molecule has 1 aromatic carbocycles. The Balaban J connectivity index is 1.28. The van der Waals surface area contributed by atoms with E-state index in [1.165, 1.54) is 127 Å². The van der Waals surface area contributed by atoms with Gasteiger partial charge in [-0.05, 0) is 80.2 Å². The van der Waals surface area contributed by atoms with E-state index in [-0.39, 0.29) is 0 Å². The molecule has 0 bridgehead atoms. The van der Waals surface area contributed by atoms with Crippen molar-refractivity contribution < 1.29 is 0 Å². The van der Waals surface area contributed by atoms with Gasteiger partial charge in [-0.15, -0.1) is 0 Å². The Morgan fingerprint density at radius 1 is 0.613 bits per heavy atom. The molecule has 1 unspecified atom stereocenters. The number of hydrogen-bond acceptors (Lipinski definition) is 0. The van der Waals surface area contributed by atoms with Crippen molar-refractivity contribution in [3.05, 3.63) is 47.0 Å². The van der Waals surface area contributed by atoms with Crippen LogP contribution in [0.15, 0.2) is 35.9 Å². The fourth-order valence-electron chi connectivity index (χ4n) is 5.95. The van der Waals surface area contributed by atoms with Gasteiger partial charge >= 0.3 is 0 Å². The third-order valence-corrected chi connectivity index (χ3v) is 8.36. The molecule has 0 heteroatoms. The highest BCUT2D eigenvalue weighted by atomic mass is 14.3. The van der Waals surface area contributed by atoms with Crippen LogP contribution in [0.2, 0.25) is 0 Å². The van der Waals surface area contributed by atoms with Crippen molar-refractivity contribution in [3.63, 3.8) is 0 Å². The normalized spacial score (nSPS) is 24.2. The zero-order valence-electron chi connectivity index (χ0n) is 20.8. The SMILES string of the molecule is CCCCC[C@H]1CC[C@H](CCC2CC=C(CCc3ccc(CCCC)cc3)CC2)CC1. The van der Waals surface area contributed by atoms with Crippen molar-refractivity contribution >= 4 is 0 Å². The maximum Gasteiger partial charge on any atom is -0.0241 e. The second-order valence-corrected chi connectivity index (χ2v) is 10.9. The Morgan fingerprint density at radius 3 is 1.84 bits per heavy atom. The van der Waals surface area contributed by atoms with Gasteiger partial charge in [-0.1, -0.05) is 114 Å². The van der Waals surface area contributed by atoms with E-state index in [4.69, 9.17) is 0 Å². The summed E-state index contributed by atoms with van der Waals surface area (Å²) in [7, 11) is 0. The largest absolute Gasteiger partial charge is 0.0850 e. The van der Waals surface area contributed by atoms with Crippen molar-refractivity contribution in [2.45, 2.75) is 129 Å². The molecule has 0 nitrogen and oxygen atoms in total. The zero-order valence-corrected chi connectivity index (χ0v) is 20.8. The van der Waals surface area contributed by atoms with Crippen LogP contribution in [0, 0.1) is 17.8 Å². The highest BCUT2D eigenvalue weighted by Gasteiger charge is 2.22. The summed E-state index contributed by atoms with van der Waals surface area (Å²) < 4.78 is 0. The Labute approximate surface area is 194 Å². The second kappa shape index (κ2) is 14.2. The van der Waals surface area contributed by atoms with Crippen LogP contribution < -0.4 is 0 Å². The van der Waals surface area contributed by atoms with Gasteiger partial charge in [-0.3, -0.25) is 0 Å². The maximum absolute atomic E-state index is 2.62. The first-order valence-corrected chi connectivity index (χ1v) is 14.0. The van der Waals surface area contributed by atoms with Crippen LogP contribution in [0.5, 0.6) is 0 Å². The highest BCUT2D eigenvalue weighted by Crippen LogP contribution is 2.37. The van der Waals surface area contributed by atoms with Gasteiger partial charge in [0, 0.05) is 0 Å². The fourth-order valence-corrected chi connectivity index (χ4v) is 5.95. The smallest absolute Gasteiger partial charge is 0.0241 e. The van der Waals surface area contributed by atoms with Crippen molar-refractivity contribution in [2.75, 3.05) is 0 Å². The van der Waals surface area contributed by atoms with E-state index >= 15 is 0 Å². The molecule has 1 atom stereocenters. The first kappa shape index (κ1) is 24.6. The van der Waals surface area contributed by atoms with Crippen LogP contribution in [0.25, 0.3) is 0 Å². The van der Waals surface area contributed by atoms with Crippen LogP contribution in [-0.2, 0) is 12.8 Å². The molecule has 3 rings (SSSR count). The lowest BCUT2D eigenvalue weighted by Gasteiger charge is -2.30. The number of benzene rings is 1. The van der Waals surface area contributed by atoms with E-state index < -0.39 is 0 Å². The molecule has 0 aliphatic heterocycles. The average Bonchev–Trinajstić information content (AvgIpc) is 2.82. The van der Waals surface area contributed by atoms with Gasteiger partial charge in [0.15, 0.2) is 0 Å².